The van der Waals surface area contributed by atoms with E-state index in [4.69, 9.17) is 9.88 Å². The van der Waals surface area contributed by atoms with Crippen molar-refractivity contribution in [2.45, 2.75) is 62.5 Å². The monoisotopic (exact) mass is 431 g/mol. The molecular weight excluding hydrogens is 406 g/mol. The van der Waals surface area contributed by atoms with Gasteiger partial charge in [-0.05, 0) is 67.7 Å². The van der Waals surface area contributed by atoms with Crippen LogP contribution < -0.4 is 15.2 Å². The van der Waals surface area contributed by atoms with Gasteiger partial charge in [0.25, 0.3) is 0 Å². The Morgan fingerprint density at radius 1 is 1.33 bits per heavy atom. The number of amides is 2. The molecule has 4 N–H and O–H groups in total. The zero-order valence-electron chi connectivity index (χ0n) is 16.8. The van der Waals surface area contributed by atoms with Crippen LogP contribution in [0, 0.1) is 0 Å². The second kappa shape index (κ2) is 6.79. The number of fused-ring (bicyclic) bond motifs is 3. The molecule has 9 nitrogen and oxygen atoms in total. The van der Waals surface area contributed by atoms with Gasteiger partial charge in [0.1, 0.15) is 4.90 Å². The second-order valence-electron chi connectivity index (χ2n) is 8.51. The van der Waals surface area contributed by atoms with Crippen molar-refractivity contribution in [3.05, 3.63) is 34.5 Å². The number of hydrogen-bond acceptors (Lipinski definition) is 5. The average molecular weight is 432 g/mol. The van der Waals surface area contributed by atoms with Gasteiger partial charge in [-0.2, -0.15) is 5.10 Å². The molecule has 0 saturated carbocycles. The molecular formula is C20H25N5O4S. The van der Waals surface area contributed by atoms with Crippen LogP contribution in [0.4, 0.5) is 10.5 Å². The smallest absolute Gasteiger partial charge is 0.354 e. The van der Waals surface area contributed by atoms with Gasteiger partial charge in [0.15, 0.2) is 15.5 Å². The van der Waals surface area contributed by atoms with Crippen molar-refractivity contribution < 1.29 is 18.8 Å². The highest BCUT2D eigenvalue weighted by atomic mass is 32.2. The lowest BCUT2D eigenvalue weighted by molar-refractivity contribution is 0.0399. The van der Waals surface area contributed by atoms with E-state index in [1.54, 1.807) is 6.92 Å². The molecule has 30 heavy (non-hydrogen) atoms. The van der Waals surface area contributed by atoms with Gasteiger partial charge < -0.3 is 15.2 Å². The molecule has 0 fully saturated rings. The van der Waals surface area contributed by atoms with Gasteiger partial charge in [0.2, 0.25) is 5.88 Å². The van der Waals surface area contributed by atoms with Gasteiger partial charge in [-0.3, -0.25) is 0 Å². The summed E-state index contributed by atoms with van der Waals surface area (Å²) in [4.78, 5) is 12.8. The van der Waals surface area contributed by atoms with Crippen LogP contribution in [0.15, 0.2) is 21.5 Å². The molecule has 2 unspecified atom stereocenters. The highest BCUT2D eigenvalue weighted by Gasteiger charge is 2.39. The molecule has 1 aromatic heterocycles. The number of hydrogen-bond donors (Lipinski definition) is 3. The first-order chi connectivity index (χ1) is 14.3. The van der Waals surface area contributed by atoms with Gasteiger partial charge in [0, 0.05) is 5.69 Å². The molecule has 2 aromatic rings. The van der Waals surface area contributed by atoms with Crippen LogP contribution in [-0.4, -0.2) is 37.3 Å². The Kier molecular flexibility index (Phi) is 4.42. The van der Waals surface area contributed by atoms with Gasteiger partial charge in [-0.1, -0.05) is 6.07 Å². The predicted molar refractivity (Wildman–Crippen MR) is 111 cm³/mol. The maximum Gasteiger partial charge on any atom is 0.354 e. The number of aryl methyl sites for hydroxylation is 2. The van der Waals surface area contributed by atoms with E-state index in [2.05, 4.69) is 20.8 Å². The largest absolute Gasteiger partial charge is 0.466 e. The molecule has 160 valence electrons. The summed E-state index contributed by atoms with van der Waals surface area (Å²) >= 11 is 0. The third-order valence-corrected chi connectivity index (χ3v) is 7.51. The van der Waals surface area contributed by atoms with E-state index < -0.39 is 21.5 Å². The maximum absolute atomic E-state index is 13.1. The minimum absolute atomic E-state index is 0.0540. The summed E-state index contributed by atoms with van der Waals surface area (Å²) in [6.07, 6.45) is 7.30. The number of urea groups is 1. The van der Waals surface area contributed by atoms with Crippen molar-refractivity contribution in [3.63, 3.8) is 0 Å². The van der Waals surface area contributed by atoms with Crippen LogP contribution in [-0.2, 0) is 42.1 Å². The Morgan fingerprint density at radius 2 is 2.00 bits per heavy atom. The minimum atomic E-state index is -3.58. The molecule has 1 aliphatic heterocycles. The molecule has 2 amide bonds. The normalized spacial score (nSPS) is 23.3. The van der Waals surface area contributed by atoms with E-state index in [1.807, 2.05) is 0 Å². The first kappa shape index (κ1) is 19.5. The fourth-order valence-electron chi connectivity index (χ4n) is 4.71. The van der Waals surface area contributed by atoms with Crippen molar-refractivity contribution in [2.24, 2.45) is 9.50 Å². The van der Waals surface area contributed by atoms with Crippen LogP contribution in [0.25, 0.3) is 0 Å². The number of nitrogens with two attached hydrogens (primary N) is 1. The van der Waals surface area contributed by atoms with E-state index in [1.165, 1.54) is 22.0 Å². The molecule has 0 spiro atoms. The summed E-state index contributed by atoms with van der Waals surface area (Å²) in [7, 11) is -3.58. The number of nitrogens with zero attached hydrogens (tertiary/aromatic N) is 3. The van der Waals surface area contributed by atoms with Crippen LogP contribution in [0.1, 0.15) is 42.0 Å². The van der Waals surface area contributed by atoms with Gasteiger partial charge in [0.05, 0.1) is 19.3 Å². The lowest BCUT2D eigenvalue weighted by atomic mass is 9.99. The molecule has 0 saturated heterocycles. The molecule has 0 bridgehead atoms. The van der Waals surface area contributed by atoms with E-state index in [-0.39, 0.29) is 17.4 Å². The van der Waals surface area contributed by atoms with Crippen molar-refractivity contribution in [2.75, 3.05) is 11.9 Å². The van der Waals surface area contributed by atoms with Crippen molar-refractivity contribution in [1.29, 1.82) is 0 Å². The molecule has 2 atom stereocenters. The maximum atomic E-state index is 13.1. The molecule has 2 aliphatic carbocycles. The quantitative estimate of drug-likeness (QED) is 0.683. The number of rotatable bonds is 3. The number of carbonyl (C=O) groups excluding carboxylic acids is 1. The number of benzene rings is 1. The number of nitrogens with one attached hydrogen (secondary N) is 1. The lowest BCUT2D eigenvalue weighted by Crippen LogP contribution is -2.35. The standard InChI is InChI=1S/C20H25N5O4S/c1-20(11-26)10-25-18(29-20)16(9-22-25)30(21,28)24-19(27)23-17-14-6-2-4-12(14)8-13-5-3-7-15(13)17/h8-9,26H,2-7,10-11H2,1H3,(H3,21,23,24,27,28). The summed E-state index contributed by atoms with van der Waals surface area (Å²) in [6, 6.07) is 1.54. The number of carbonyl (C=O) groups is 1. The molecule has 5 rings (SSSR count). The fourth-order valence-corrected chi connectivity index (χ4v) is 5.69. The Hall–Kier alpha value is -2.43. The Morgan fingerprint density at radius 3 is 2.63 bits per heavy atom. The second-order valence-corrected chi connectivity index (χ2v) is 10.3. The van der Waals surface area contributed by atoms with E-state index in [0.29, 0.717) is 6.54 Å². The number of anilines is 1. The summed E-state index contributed by atoms with van der Waals surface area (Å²) in [6.45, 7) is 1.77. The van der Waals surface area contributed by atoms with Crippen LogP contribution in [0.5, 0.6) is 5.88 Å². The van der Waals surface area contributed by atoms with Crippen LogP contribution in [0.2, 0.25) is 0 Å². The summed E-state index contributed by atoms with van der Waals surface area (Å²) in [5.74, 6) is 0.178. The first-order valence-corrected chi connectivity index (χ1v) is 11.8. The lowest BCUT2D eigenvalue weighted by Gasteiger charge is -2.19. The molecule has 2 heterocycles. The third kappa shape index (κ3) is 3.10. The van der Waals surface area contributed by atoms with Crippen LogP contribution in [0.3, 0.4) is 0 Å². The number of aliphatic hydroxyl groups is 1. The molecule has 1 aromatic carbocycles. The molecule has 10 heteroatoms. The first-order valence-electron chi connectivity index (χ1n) is 10.2. The van der Waals surface area contributed by atoms with Gasteiger partial charge in [-0.25, -0.2) is 18.8 Å². The van der Waals surface area contributed by atoms with Crippen LogP contribution >= 0.6 is 0 Å². The number of aliphatic hydroxyl groups excluding tert-OH is 1. The third-order valence-electron chi connectivity index (χ3n) is 6.16. The number of ether oxygens (including phenoxy) is 1. The van der Waals surface area contributed by atoms with Gasteiger partial charge >= 0.3 is 6.03 Å². The summed E-state index contributed by atoms with van der Waals surface area (Å²) in [5.41, 5.74) is 4.84. The predicted octanol–water partition coefficient (Wildman–Crippen LogP) is 1.94. The van der Waals surface area contributed by atoms with E-state index in [0.717, 1.165) is 55.3 Å². The highest BCUT2D eigenvalue weighted by Crippen LogP contribution is 2.39. The fraction of sp³-hybridized carbons (Fsp3) is 0.500. The van der Waals surface area contributed by atoms with Crippen molar-refractivity contribution in [1.82, 2.24) is 9.78 Å². The molecule has 3 aliphatic rings. The topological polar surface area (TPSA) is 132 Å². The van der Waals surface area contributed by atoms with Crippen molar-refractivity contribution >= 4 is 21.6 Å². The average Bonchev–Trinajstić information content (AvgIpc) is 3.43. The minimum Gasteiger partial charge on any atom is -0.466 e. The summed E-state index contributed by atoms with van der Waals surface area (Å²) in [5, 5.41) is 22.5. The molecule has 0 radical (unpaired) electrons. The zero-order chi connectivity index (χ0) is 21.1. The SMILES string of the molecule is CC1(CO)Cn2ncc(S(N)(=O)=NC(=O)Nc3c4c(cc5c3CCC5)CCC4)c2O1. The van der Waals surface area contributed by atoms with Gasteiger partial charge in [-0.15, -0.1) is 4.36 Å². The summed E-state index contributed by atoms with van der Waals surface area (Å²) < 4.78 is 24.1. The Bertz CT molecular complexity index is 1150. The van der Waals surface area contributed by atoms with E-state index >= 15 is 0 Å². The Labute approximate surface area is 174 Å². The van der Waals surface area contributed by atoms with E-state index in [9.17, 15) is 14.1 Å². The zero-order valence-corrected chi connectivity index (χ0v) is 17.6. The Balaban J connectivity index is 1.47. The number of aromatic nitrogens is 2. The van der Waals surface area contributed by atoms with Crippen molar-refractivity contribution in [3.8, 4) is 5.88 Å². The highest BCUT2D eigenvalue weighted by molar-refractivity contribution is 7.91.